The summed E-state index contributed by atoms with van der Waals surface area (Å²) in [7, 11) is 1.29. The van der Waals surface area contributed by atoms with Gasteiger partial charge in [0.15, 0.2) is 0 Å². The molecule has 0 bridgehead atoms. The van der Waals surface area contributed by atoms with Gasteiger partial charge in [0.1, 0.15) is 0 Å². The molecule has 0 aliphatic carbocycles. The van der Waals surface area contributed by atoms with Crippen molar-refractivity contribution in [3.63, 3.8) is 0 Å². The van der Waals surface area contributed by atoms with Gasteiger partial charge >= 0.3 is 6.09 Å². The van der Waals surface area contributed by atoms with E-state index in [1.165, 1.54) is 7.11 Å². The Hall–Kier alpha value is -3.65. The number of imidazole rings is 1. The Morgan fingerprint density at radius 1 is 1.12 bits per heavy atom. The molecule has 7 nitrogen and oxygen atoms in total. The van der Waals surface area contributed by atoms with Crippen LogP contribution in [0.15, 0.2) is 71.2 Å². The fourth-order valence-corrected chi connectivity index (χ4v) is 4.72. The van der Waals surface area contributed by atoms with E-state index < -0.39 is 11.6 Å². The number of fused-ring (bicyclic) bond motifs is 2. The van der Waals surface area contributed by atoms with Gasteiger partial charge in [-0.1, -0.05) is 46.3 Å². The van der Waals surface area contributed by atoms with E-state index in [9.17, 15) is 9.59 Å². The fraction of sp³-hybridized carbons (Fsp3) is 0.125. The average Bonchev–Trinajstić information content (AvgIpc) is 3.29. The summed E-state index contributed by atoms with van der Waals surface area (Å²) in [4.78, 5) is 34.4. The minimum Gasteiger partial charge on any atom is -0.453 e. The van der Waals surface area contributed by atoms with Crippen molar-refractivity contribution in [3.8, 4) is 0 Å². The number of methoxy groups -OCH3 is 1. The summed E-state index contributed by atoms with van der Waals surface area (Å²) < 4.78 is 5.53. The van der Waals surface area contributed by atoms with E-state index in [0.717, 1.165) is 26.8 Å². The number of hydrogen-bond acceptors (Lipinski definition) is 4. The maximum atomic E-state index is 13.5. The minimum absolute atomic E-state index is 0.0565. The third-order valence-corrected chi connectivity index (χ3v) is 6.34. The highest BCUT2D eigenvalue weighted by molar-refractivity contribution is 9.10. The monoisotopic (exact) mass is 490 g/mol. The molecule has 2 N–H and O–H groups in total. The molecule has 3 aromatic carbocycles. The highest BCUT2D eigenvalue weighted by Crippen LogP contribution is 2.47. The number of halogens is 1. The Bertz CT molecular complexity index is 1380. The van der Waals surface area contributed by atoms with Crippen LogP contribution in [0.25, 0.3) is 11.0 Å². The van der Waals surface area contributed by atoms with E-state index in [1.807, 2.05) is 78.6 Å². The first-order chi connectivity index (χ1) is 15.4. The third-order valence-electron chi connectivity index (χ3n) is 5.85. The van der Waals surface area contributed by atoms with E-state index >= 15 is 0 Å². The zero-order valence-corrected chi connectivity index (χ0v) is 18.9. The van der Waals surface area contributed by atoms with Crippen molar-refractivity contribution >= 4 is 50.6 Å². The molecule has 8 heteroatoms. The summed E-state index contributed by atoms with van der Waals surface area (Å²) in [5.74, 6) is 0.236. The number of nitrogens with one attached hydrogen (secondary N) is 2. The second-order valence-corrected chi connectivity index (χ2v) is 8.59. The first kappa shape index (κ1) is 20.3. The topological polar surface area (TPSA) is 87.3 Å². The van der Waals surface area contributed by atoms with Crippen LogP contribution in [-0.4, -0.2) is 29.1 Å². The zero-order valence-electron chi connectivity index (χ0n) is 17.3. The van der Waals surface area contributed by atoms with Gasteiger partial charge in [0.2, 0.25) is 5.95 Å². The van der Waals surface area contributed by atoms with Gasteiger partial charge in [-0.3, -0.25) is 15.0 Å². The molecule has 1 aromatic heterocycles. The van der Waals surface area contributed by atoms with Crippen LogP contribution in [0.5, 0.6) is 0 Å². The van der Waals surface area contributed by atoms with Crippen LogP contribution < -0.4 is 10.2 Å². The Kier molecular flexibility index (Phi) is 4.74. The molecule has 32 heavy (non-hydrogen) atoms. The van der Waals surface area contributed by atoms with Gasteiger partial charge in [0.25, 0.3) is 5.91 Å². The van der Waals surface area contributed by atoms with E-state index in [4.69, 9.17) is 0 Å². The van der Waals surface area contributed by atoms with Crippen molar-refractivity contribution in [2.75, 3.05) is 17.3 Å². The lowest BCUT2D eigenvalue weighted by molar-refractivity contribution is 0.0984. The number of rotatable bonds is 3. The Balaban J connectivity index is 1.68. The molecule has 1 aliphatic rings. The van der Waals surface area contributed by atoms with Crippen molar-refractivity contribution in [1.82, 2.24) is 9.97 Å². The number of carbonyl (C=O) groups is 2. The number of anilines is 2. The predicted octanol–water partition coefficient (Wildman–Crippen LogP) is 5.43. The molecular weight excluding hydrogens is 472 g/mol. The van der Waals surface area contributed by atoms with Crippen molar-refractivity contribution in [2.24, 2.45) is 0 Å². The van der Waals surface area contributed by atoms with E-state index in [1.54, 1.807) is 0 Å². The largest absolute Gasteiger partial charge is 0.453 e. The van der Waals surface area contributed by atoms with Crippen LogP contribution in [0.4, 0.5) is 16.4 Å². The number of nitrogens with zero attached hydrogens (tertiary/aromatic N) is 2. The molecule has 5 rings (SSSR count). The lowest BCUT2D eigenvalue weighted by Crippen LogP contribution is -2.42. The van der Waals surface area contributed by atoms with Crippen LogP contribution in [-0.2, 0) is 10.3 Å². The van der Waals surface area contributed by atoms with Crippen LogP contribution in [0.1, 0.15) is 28.4 Å². The van der Waals surface area contributed by atoms with Crippen LogP contribution in [0.3, 0.4) is 0 Å². The molecule has 2 amide bonds. The van der Waals surface area contributed by atoms with Crippen molar-refractivity contribution in [1.29, 1.82) is 0 Å². The summed E-state index contributed by atoms with van der Waals surface area (Å²) >= 11 is 3.52. The van der Waals surface area contributed by atoms with Gasteiger partial charge < -0.3 is 9.72 Å². The summed E-state index contributed by atoms with van der Waals surface area (Å²) in [5.41, 5.74) is 3.99. The number of amides is 2. The van der Waals surface area contributed by atoms with Gasteiger partial charge in [-0.2, -0.15) is 0 Å². The van der Waals surface area contributed by atoms with Crippen LogP contribution >= 0.6 is 15.9 Å². The number of ether oxygens (including phenoxy) is 1. The highest BCUT2D eigenvalue weighted by Gasteiger charge is 2.48. The fourth-order valence-electron chi connectivity index (χ4n) is 4.33. The van der Waals surface area contributed by atoms with Gasteiger partial charge in [-0.15, -0.1) is 0 Å². The molecule has 0 spiro atoms. The molecule has 0 fully saturated rings. The third kappa shape index (κ3) is 3.06. The zero-order chi connectivity index (χ0) is 22.5. The first-order valence-corrected chi connectivity index (χ1v) is 10.8. The summed E-state index contributed by atoms with van der Waals surface area (Å²) in [5, 5.41) is 2.55. The number of benzene rings is 3. The lowest BCUT2D eigenvalue weighted by atomic mass is 9.84. The smallest absolute Gasteiger partial charge is 0.413 e. The molecule has 0 saturated carbocycles. The molecule has 160 valence electrons. The normalized spacial score (nSPS) is 17.5. The van der Waals surface area contributed by atoms with Crippen LogP contribution in [0.2, 0.25) is 0 Å². The van der Waals surface area contributed by atoms with Crippen molar-refractivity contribution < 1.29 is 14.3 Å². The molecule has 2 heterocycles. The average molecular weight is 491 g/mol. The van der Waals surface area contributed by atoms with Crippen molar-refractivity contribution in [3.05, 3.63) is 87.9 Å². The van der Waals surface area contributed by atoms with Gasteiger partial charge in [-0.25, -0.2) is 9.78 Å². The lowest BCUT2D eigenvalue weighted by Gasteiger charge is -2.37. The molecule has 1 aliphatic heterocycles. The summed E-state index contributed by atoms with van der Waals surface area (Å²) in [6.45, 7) is 2.04. The predicted molar refractivity (Wildman–Crippen MR) is 126 cm³/mol. The molecule has 0 radical (unpaired) electrons. The molecule has 4 aromatic rings. The van der Waals surface area contributed by atoms with Gasteiger partial charge in [0.05, 0.1) is 23.7 Å². The van der Waals surface area contributed by atoms with Gasteiger partial charge in [0, 0.05) is 15.7 Å². The standard InChI is InChI=1S/C24H19BrN4O3/c1-24(14-10-11-19-20(12-14)27-22(26-19)28-23(31)32-2)18-9-4-3-8-17(18)21(30)29(24)16-7-5-6-15(25)13-16/h3-13H,1-2H3,(H2,26,27,28,31). The van der Waals surface area contributed by atoms with Gasteiger partial charge in [-0.05, 0) is 54.4 Å². The maximum Gasteiger partial charge on any atom is 0.413 e. The molecule has 1 atom stereocenters. The van der Waals surface area contributed by atoms with E-state index in [0.29, 0.717) is 17.0 Å². The second kappa shape index (κ2) is 7.49. The number of hydrogen-bond donors (Lipinski definition) is 2. The van der Waals surface area contributed by atoms with E-state index in [2.05, 4.69) is 36.0 Å². The SMILES string of the molecule is COC(=O)Nc1nc2ccc(C3(C)c4ccccc4C(=O)N3c3cccc(Br)c3)cc2[nH]1. The quantitative estimate of drug-likeness (QED) is 0.400. The summed E-state index contributed by atoms with van der Waals surface area (Å²) in [6, 6.07) is 21.2. The summed E-state index contributed by atoms with van der Waals surface area (Å²) in [6.07, 6.45) is -0.604. The first-order valence-electron chi connectivity index (χ1n) is 9.96. The van der Waals surface area contributed by atoms with Crippen LogP contribution in [0, 0.1) is 0 Å². The van der Waals surface area contributed by atoms with Crippen molar-refractivity contribution in [2.45, 2.75) is 12.5 Å². The Morgan fingerprint density at radius 2 is 1.94 bits per heavy atom. The number of aromatic amines is 1. The maximum absolute atomic E-state index is 13.5. The molecular formula is C24H19BrN4O3. The number of aromatic nitrogens is 2. The minimum atomic E-state index is -0.746. The molecule has 1 unspecified atom stereocenters. The Labute approximate surface area is 192 Å². The van der Waals surface area contributed by atoms with E-state index in [-0.39, 0.29) is 5.91 Å². The second-order valence-electron chi connectivity index (χ2n) is 7.67. The number of H-pyrrole nitrogens is 1. The highest BCUT2D eigenvalue weighted by atomic mass is 79.9. The molecule has 0 saturated heterocycles. The Morgan fingerprint density at radius 3 is 2.72 bits per heavy atom. The number of carbonyl (C=O) groups excluding carboxylic acids is 2.